The van der Waals surface area contributed by atoms with Gasteiger partial charge in [-0.1, -0.05) is 11.6 Å². The van der Waals surface area contributed by atoms with E-state index in [0.29, 0.717) is 18.4 Å². The van der Waals surface area contributed by atoms with Gasteiger partial charge in [0.15, 0.2) is 0 Å². The van der Waals surface area contributed by atoms with E-state index in [1.807, 2.05) is 19.1 Å². The minimum atomic E-state index is -0.309. The lowest BCUT2D eigenvalue weighted by Gasteiger charge is -2.29. The van der Waals surface area contributed by atoms with Crippen LogP contribution >= 0.6 is 24.8 Å². The zero-order chi connectivity index (χ0) is 16.9. The molecular weight excluding hydrogens is 369 g/mol. The molecule has 0 bridgehead atoms. The molecule has 0 aliphatic heterocycles. The number of benzene rings is 1. The Morgan fingerprint density at radius 1 is 1.23 bits per heavy atom. The van der Waals surface area contributed by atoms with Gasteiger partial charge in [0, 0.05) is 23.5 Å². The molecule has 1 aromatic carbocycles. The molecule has 6 heteroatoms. The van der Waals surface area contributed by atoms with E-state index in [-0.39, 0.29) is 36.3 Å². The van der Waals surface area contributed by atoms with Gasteiger partial charge in [-0.2, -0.15) is 0 Å². The number of nitrogens with zero attached hydrogens (tertiary/aromatic N) is 1. The Hall–Kier alpha value is -1.36. The van der Waals surface area contributed by atoms with E-state index in [1.54, 1.807) is 0 Å². The Balaban J connectivity index is 0.00000121. The maximum Gasteiger partial charge on any atom is 0.252 e. The number of halogens is 2. The summed E-state index contributed by atoms with van der Waals surface area (Å²) < 4.78 is 0. The molecule has 2 aliphatic carbocycles. The number of aromatic nitrogens is 1. The van der Waals surface area contributed by atoms with Crippen LogP contribution in [0.15, 0.2) is 24.3 Å². The SMILES string of the molecule is Cc1ccc2nc(C3CC3)cc(C(=O)NC(C)(CN)C3CC3)c2c1.Cl.Cl. The molecule has 142 valence electrons. The third-order valence-corrected chi connectivity index (χ3v) is 5.53. The largest absolute Gasteiger partial charge is 0.345 e. The molecule has 0 saturated heterocycles. The summed E-state index contributed by atoms with van der Waals surface area (Å²) in [4.78, 5) is 17.9. The molecule has 1 amide bonds. The minimum Gasteiger partial charge on any atom is -0.345 e. The fourth-order valence-corrected chi connectivity index (χ4v) is 3.50. The highest BCUT2D eigenvalue weighted by Crippen LogP contribution is 2.41. The fourth-order valence-electron chi connectivity index (χ4n) is 3.50. The second kappa shape index (κ2) is 7.71. The van der Waals surface area contributed by atoms with Gasteiger partial charge in [0.25, 0.3) is 5.91 Å². The van der Waals surface area contributed by atoms with Crippen molar-refractivity contribution in [1.82, 2.24) is 10.3 Å². The number of amides is 1. The summed E-state index contributed by atoms with van der Waals surface area (Å²) in [5.41, 5.74) is 9.51. The van der Waals surface area contributed by atoms with Crippen molar-refractivity contribution in [3.8, 4) is 0 Å². The first kappa shape index (κ1) is 20.9. The number of aryl methyl sites for hydroxylation is 1. The Morgan fingerprint density at radius 3 is 2.50 bits per heavy atom. The van der Waals surface area contributed by atoms with E-state index in [4.69, 9.17) is 10.7 Å². The summed E-state index contributed by atoms with van der Waals surface area (Å²) in [6.07, 6.45) is 4.65. The standard InChI is InChI=1S/C20H25N3O.2ClH/c1-12-3-8-17-15(9-12)16(10-18(22-17)13-4-5-13)19(24)23-20(2,11-21)14-6-7-14;;/h3,8-10,13-14H,4-7,11,21H2,1-2H3,(H,23,24);2*1H. The quantitative estimate of drug-likeness (QED) is 0.799. The van der Waals surface area contributed by atoms with Gasteiger partial charge in [-0.25, -0.2) is 0 Å². The lowest BCUT2D eigenvalue weighted by molar-refractivity contribution is 0.0899. The number of carbonyl (C=O) groups is 1. The van der Waals surface area contributed by atoms with Crippen LogP contribution in [0.3, 0.4) is 0 Å². The molecule has 2 aliphatic rings. The zero-order valence-electron chi connectivity index (χ0n) is 15.2. The number of pyridine rings is 1. The molecule has 4 rings (SSSR count). The van der Waals surface area contributed by atoms with Crippen LogP contribution in [0.1, 0.15) is 60.1 Å². The maximum atomic E-state index is 13.1. The molecule has 0 spiro atoms. The van der Waals surface area contributed by atoms with Crippen LogP contribution in [-0.4, -0.2) is 23.0 Å². The van der Waals surface area contributed by atoms with Gasteiger partial charge in [-0.05, 0) is 63.6 Å². The average Bonchev–Trinajstić information content (AvgIpc) is 3.45. The minimum absolute atomic E-state index is 0. The normalized spacial score (nSPS) is 18.4. The van der Waals surface area contributed by atoms with Crippen molar-refractivity contribution in [2.24, 2.45) is 11.7 Å². The molecule has 2 saturated carbocycles. The molecule has 26 heavy (non-hydrogen) atoms. The molecular formula is C20H27Cl2N3O. The molecule has 4 nitrogen and oxygen atoms in total. The van der Waals surface area contributed by atoms with Crippen molar-refractivity contribution >= 4 is 41.6 Å². The number of nitrogens with one attached hydrogen (secondary N) is 1. The van der Waals surface area contributed by atoms with Crippen LogP contribution in [0, 0.1) is 12.8 Å². The number of hydrogen-bond donors (Lipinski definition) is 2. The smallest absolute Gasteiger partial charge is 0.252 e. The van der Waals surface area contributed by atoms with Crippen LogP contribution in [0.25, 0.3) is 10.9 Å². The summed E-state index contributed by atoms with van der Waals surface area (Å²) in [6.45, 7) is 4.59. The highest BCUT2D eigenvalue weighted by Gasteiger charge is 2.42. The molecule has 2 aromatic rings. The molecule has 1 atom stereocenters. The fraction of sp³-hybridized carbons (Fsp3) is 0.500. The summed E-state index contributed by atoms with van der Waals surface area (Å²) in [5, 5.41) is 4.16. The highest BCUT2D eigenvalue weighted by molar-refractivity contribution is 6.06. The van der Waals surface area contributed by atoms with Gasteiger partial charge in [-0.3, -0.25) is 9.78 Å². The van der Waals surface area contributed by atoms with Crippen LogP contribution in [0.2, 0.25) is 0 Å². The number of nitrogens with two attached hydrogens (primary N) is 1. The molecule has 3 N–H and O–H groups in total. The van der Waals surface area contributed by atoms with Crippen molar-refractivity contribution < 1.29 is 4.79 Å². The molecule has 1 aromatic heterocycles. The number of rotatable bonds is 5. The Kier molecular flexibility index (Phi) is 6.21. The van der Waals surface area contributed by atoms with Crippen molar-refractivity contribution in [3.63, 3.8) is 0 Å². The molecule has 0 radical (unpaired) electrons. The lowest BCUT2D eigenvalue weighted by atomic mass is 9.94. The van der Waals surface area contributed by atoms with Crippen LogP contribution in [0.4, 0.5) is 0 Å². The van der Waals surface area contributed by atoms with Crippen LogP contribution < -0.4 is 11.1 Å². The first-order valence-electron chi connectivity index (χ1n) is 8.94. The Labute approximate surface area is 167 Å². The van der Waals surface area contributed by atoms with Crippen LogP contribution in [0.5, 0.6) is 0 Å². The topological polar surface area (TPSA) is 68.0 Å². The van der Waals surface area contributed by atoms with Gasteiger partial charge in [0.05, 0.1) is 16.6 Å². The van der Waals surface area contributed by atoms with Gasteiger partial charge in [-0.15, -0.1) is 24.8 Å². The van der Waals surface area contributed by atoms with Crippen LogP contribution in [-0.2, 0) is 0 Å². The van der Waals surface area contributed by atoms with Gasteiger partial charge < -0.3 is 11.1 Å². The van der Waals surface area contributed by atoms with Gasteiger partial charge in [0.1, 0.15) is 0 Å². The highest BCUT2D eigenvalue weighted by atomic mass is 35.5. The second-order valence-electron chi connectivity index (χ2n) is 7.74. The summed E-state index contributed by atoms with van der Waals surface area (Å²) in [6, 6.07) is 8.14. The van der Waals surface area contributed by atoms with Crippen molar-refractivity contribution in [3.05, 3.63) is 41.1 Å². The zero-order valence-corrected chi connectivity index (χ0v) is 16.9. The van der Waals surface area contributed by atoms with Crippen molar-refractivity contribution in [2.75, 3.05) is 6.54 Å². The lowest BCUT2D eigenvalue weighted by Crippen LogP contribution is -2.53. The van der Waals surface area contributed by atoms with Gasteiger partial charge >= 0.3 is 0 Å². The maximum absolute atomic E-state index is 13.1. The average molecular weight is 396 g/mol. The summed E-state index contributed by atoms with van der Waals surface area (Å²) in [7, 11) is 0. The third kappa shape index (κ3) is 3.98. The second-order valence-corrected chi connectivity index (χ2v) is 7.74. The molecule has 1 heterocycles. The summed E-state index contributed by atoms with van der Waals surface area (Å²) >= 11 is 0. The predicted octanol–water partition coefficient (Wildman–Crippen LogP) is 4.12. The number of carbonyl (C=O) groups excluding carboxylic acids is 1. The first-order chi connectivity index (χ1) is 11.5. The van der Waals surface area contributed by atoms with E-state index in [2.05, 4.69) is 24.4 Å². The predicted molar refractivity (Wildman–Crippen MR) is 111 cm³/mol. The van der Waals surface area contributed by atoms with Crippen molar-refractivity contribution in [2.45, 2.75) is 51.0 Å². The van der Waals surface area contributed by atoms with E-state index >= 15 is 0 Å². The molecule has 1 unspecified atom stereocenters. The van der Waals surface area contributed by atoms with E-state index < -0.39 is 0 Å². The monoisotopic (exact) mass is 395 g/mol. The number of hydrogen-bond acceptors (Lipinski definition) is 3. The third-order valence-electron chi connectivity index (χ3n) is 5.53. The van der Waals surface area contributed by atoms with E-state index in [0.717, 1.165) is 40.6 Å². The van der Waals surface area contributed by atoms with E-state index in [9.17, 15) is 4.79 Å². The number of fused-ring (bicyclic) bond motifs is 1. The first-order valence-corrected chi connectivity index (χ1v) is 8.94. The van der Waals surface area contributed by atoms with Gasteiger partial charge in [0.2, 0.25) is 0 Å². The van der Waals surface area contributed by atoms with Crippen molar-refractivity contribution in [1.29, 1.82) is 0 Å². The summed E-state index contributed by atoms with van der Waals surface area (Å²) in [5.74, 6) is 1.01. The Morgan fingerprint density at radius 2 is 1.92 bits per heavy atom. The molecule has 2 fully saturated rings. The van der Waals surface area contributed by atoms with E-state index in [1.165, 1.54) is 12.8 Å². The Bertz CT molecular complexity index is 818.